The second kappa shape index (κ2) is 4.24. The fraction of sp³-hybridized carbons (Fsp3) is 0.333. The first-order chi connectivity index (χ1) is 6.45. The Morgan fingerprint density at radius 2 is 2.00 bits per heavy atom. The van der Waals surface area contributed by atoms with Gasteiger partial charge in [-0.15, -0.1) is 0 Å². The quantitative estimate of drug-likeness (QED) is 0.676. The first kappa shape index (κ1) is 8.52. The molecule has 0 spiro atoms. The van der Waals surface area contributed by atoms with E-state index in [1.54, 1.807) is 0 Å². The molecule has 0 saturated carbocycles. The predicted octanol–water partition coefficient (Wildman–Crippen LogP) is 2.15. The lowest BCUT2D eigenvalue weighted by atomic mass is 10.0. The Hall–Kier alpha value is -1.08. The highest BCUT2D eigenvalue weighted by Gasteiger charge is 2.02. The monoisotopic (exact) mass is 173 g/mol. The standard InChI is InChI=1S/C12H15N/c1-2-5-11(6-3-1)9-12-7-4-8-13-10-12/h1-3,5-7,13H,4,8-10H2. The third-order valence-electron chi connectivity index (χ3n) is 2.38. The van der Waals surface area contributed by atoms with Gasteiger partial charge in [0, 0.05) is 6.54 Å². The van der Waals surface area contributed by atoms with Gasteiger partial charge in [0.05, 0.1) is 0 Å². The van der Waals surface area contributed by atoms with Crippen LogP contribution in [0.1, 0.15) is 12.0 Å². The van der Waals surface area contributed by atoms with Crippen LogP contribution in [0.5, 0.6) is 0 Å². The van der Waals surface area contributed by atoms with Crippen LogP contribution in [0, 0.1) is 0 Å². The lowest BCUT2D eigenvalue weighted by Gasteiger charge is -2.13. The van der Waals surface area contributed by atoms with Gasteiger partial charge in [-0.3, -0.25) is 0 Å². The van der Waals surface area contributed by atoms with Crippen LogP contribution in [-0.2, 0) is 6.42 Å². The molecule has 0 saturated heterocycles. The topological polar surface area (TPSA) is 12.0 Å². The van der Waals surface area contributed by atoms with Crippen molar-refractivity contribution < 1.29 is 0 Å². The van der Waals surface area contributed by atoms with E-state index in [2.05, 4.69) is 41.7 Å². The maximum Gasteiger partial charge on any atom is 0.0168 e. The smallest absolute Gasteiger partial charge is 0.0168 e. The summed E-state index contributed by atoms with van der Waals surface area (Å²) < 4.78 is 0. The maximum absolute atomic E-state index is 3.39. The van der Waals surface area contributed by atoms with Crippen molar-refractivity contribution in [2.45, 2.75) is 12.8 Å². The summed E-state index contributed by atoms with van der Waals surface area (Å²) >= 11 is 0. The lowest BCUT2D eigenvalue weighted by Crippen LogP contribution is -2.22. The van der Waals surface area contributed by atoms with Crippen LogP contribution in [0.4, 0.5) is 0 Å². The van der Waals surface area contributed by atoms with Crippen LogP contribution in [0.2, 0.25) is 0 Å². The molecule has 0 radical (unpaired) electrons. The Labute approximate surface area is 79.5 Å². The van der Waals surface area contributed by atoms with E-state index in [-0.39, 0.29) is 0 Å². The van der Waals surface area contributed by atoms with Gasteiger partial charge in [0.1, 0.15) is 0 Å². The summed E-state index contributed by atoms with van der Waals surface area (Å²) in [6.45, 7) is 2.20. The van der Waals surface area contributed by atoms with E-state index in [0.717, 1.165) is 19.5 Å². The molecule has 1 aliphatic heterocycles. The Morgan fingerprint density at radius 1 is 1.15 bits per heavy atom. The Balaban J connectivity index is 2.01. The van der Waals surface area contributed by atoms with E-state index in [1.165, 1.54) is 17.6 Å². The van der Waals surface area contributed by atoms with Crippen LogP contribution in [0.25, 0.3) is 0 Å². The zero-order valence-corrected chi connectivity index (χ0v) is 7.79. The molecule has 13 heavy (non-hydrogen) atoms. The zero-order chi connectivity index (χ0) is 8.93. The molecule has 1 nitrogen and oxygen atoms in total. The fourth-order valence-electron chi connectivity index (χ4n) is 1.69. The summed E-state index contributed by atoms with van der Waals surface area (Å²) in [5.74, 6) is 0. The van der Waals surface area contributed by atoms with E-state index < -0.39 is 0 Å². The lowest BCUT2D eigenvalue weighted by molar-refractivity contribution is 0.691. The highest BCUT2D eigenvalue weighted by molar-refractivity contribution is 5.23. The number of hydrogen-bond donors (Lipinski definition) is 1. The van der Waals surface area contributed by atoms with Crippen molar-refractivity contribution in [3.05, 3.63) is 47.5 Å². The minimum absolute atomic E-state index is 1.06. The maximum atomic E-state index is 3.39. The molecule has 1 aromatic rings. The van der Waals surface area contributed by atoms with Crippen LogP contribution in [0.3, 0.4) is 0 Å². The Kier molecular flexibility index (Phi) is 2.78. The third kappa shape index (κ3) is 2.43. The van der Waals surface area contributed by atoms with E-state index in [1.807, 2.05) is 0 Å². The van der Waals surface area contributed by atoms with Gasteiger partial charge in [0.15, 0.2) is 0 Å². The van der Waals surface area contributed by atoms with Crippen LogP contribution >= 0.6 is 0 Å². The molecule has 1 heterocycles. The fourth-order valence-corrected chi connectivity index (χ4v) is 1.69. The van der Waals surface area contributed by atoms with Gasteiger partial charge in [-0.1, -0.05) is 42.0 Å². The van der Waals surface area contributed by atoms with Gasteiger partial charge in [-0.25, -0.2) is 0 Å². The summed E-state index contributed by atoms with van der Waals surface area (Å²) in [4.78, 5) is 0. The first-order valence-electron chi connectivity index (χ1n) is 4.88. The molecule has 0 fully saturated rings. The van der Waals surface area contributed by atoms with Gasteiger partial charge >= 0.3 is 0 Å². The van der Waals surface area contributed by atoms with E-state index in [9.17, 15) is 0 Å². The molecule has 1 aliphatic rings. The molecule has 1 heteroatoms. The largest absolute Gasteiger partial charge is 0.313 e. The first-order valence-corrected chi connectivity index (χ1v) is 4.88. The molecule has 1 N–H and O–H groups in total. The summed E-state index contributed by atoms with van der Waals surface area (Å²) in [6, 6.07) is 10.7. The SMILES string of the molecule is C1=C(Cc2ccccc2)CNCC1. The van der Waals surface area contributed by atoms with Gasteiger partial charge < -0.3 is 5.32 Å². The van der Waals surface area contributed by atoms with Crippen molar-refractivity contribution in [2.75, 3.05) is 13.1 Å². The molecule has 68 valence electrons. The van der Waals surface area contributed by atoms with E-state index in [0.29, 0.717) is 0 Å². The van der Waals surface area contributed by atoms with Gasteiger partial charge in [-0.2, -0.15) is 0 Å². The average Bonchev–Trinajstić information content (AvgIpc) is 2.21. The second-order valence-corrected chi connectivity index (χ2v) is 3.49. The number of hydrogen-bond acceptors (Lipinski definition) is 1. The molecular formula is C12H15N. The average molecular weight is 173 g/mol. The third-order valence-corrected chi connectivity index (χ3v) is 2.38. The van der Waals surface area contributed by atoms with Crippen LogP contribution in [-0.4, -0.2) is 13.1 Å². The zero-order valence-electron chi connectivity index (χ0n) is 7.79. The van der Waals surface area contributed by atoms with Crippen molar-refractivity contribution in [2.24, 2.45) is 0 Å². The number of nitrogens with one attached hydrogen (secondary N) is 1. The van der Waals surface area contributed by atoms with Crippen molar-refractivity contribution in [1.29, 1.82) is 0 Å². The van der Waals surface area contributed by atoms with E-state index in [4.69, 9.17) is 0 Å². The Morgan fingerprint density at radius 3 is 2.69 bits per heavy atom. The minimum atomic E-state index is 1.06. The van der Waals surface area contributed by atoms with Crippen molar-refractivity contribution in [3.63, 3.8) is 0 Å². The summed E-state index contributed by atoms with van der Waals surface area (Å²) in [7, 11) is 0. The minimum Gasteiger partial charge on any atom is -0.313 e. The molecule has 0 amide bonds. The highest BCUT2D eigenvalue weighted by atomic mass is 14.9. The molecule has 0 bridgehead atoms. The van der Waals surface area contributed by atoms with Crippen molar-refractivity contribution in [1.82, 2.24) is 5.32 Å². The van der Waals surface area contributed by atoms with E-state index >= 15 is 0 Å². The molecular weight excluding hydrogens is 158 g/mol. The van der Waals surface area contributed by atoms with Crippen molar-refractivity contribution >= 4 is 0 Å². The molecule has 2 rings (SSSR count). The predicted molar refractivity (Wildman–Crippen MR) is 55.7 cm³/mol. The summed E-state index contributed by atoms with van der Waals surface area (Å²) in [5, 5.41) is 3.39. The molecule has 0 aromatic heterocycles. The number of rotatable bonds is 2. The summed E-state index contributed by atoms with van der Waals surface area (Å²) in [5.41, 5.74) is 2.94. The van der Waals surface area contributed by atoms with Gasteiger partial charge in [0.25, 0.3) is 0 Å². The molecule has 1 aromatic carbocycles. The van der Waals surface area contributed by atoms with Gasteiger partial charge in [-0.05, 0) is 24.9 Å². The second-order valence-electron chi connectivity index (χ2n) is 3.49. The molecule has 0 atom stereocenters. The molecule has 0 unspecified atom stereocenters. The number of benzene rings is 1. The van der Waals surface area contributed by atoms with Crippen molar-refractivity contribution in [3.8, 4) is 0 Å². The molecule has 0 aliphatic carbocycles. The van der Waals surface area contributed by atoms with Crippen LogP contribution < -0.4 is 5.32 Å². The normalized spacial score (nSPS) is 16.8. The van der Waals surface area contributed by atoms with Gasteiger partial charge in [0.2, 0.25) is 0 Å². The Bertz CT molecular complexity index is 287. The van der Waals surface area contributed by atoms with Crippen LogP contribution in [0.15, 0.2) is 42.0 Å². The summed E-state index contributed by atoms with van der Waals surface area (Å²) in [6.07, 6.45) is 4.65. The highest BCUT2D eigenvalue weighted by Crippen LogP contribution is 2.09.